The lowest BCUT2D eigenvalue weighted by Gasteiger charge is -2.29. The Morgan fingerprint density at radius 1 is 1.25 bits per heavy atom. The van der Waals surface area contributed by atoms with Crippen molar-refractivity contribution in [1.29, 1.82) is 0 Å². The second kappa shape index (κ2) is 6.98. The first kappa shape index (κ1) is 17.6. The number of rotatable bonds is 2. The molecule has 1 heterocycles. The number of piperidine rings is 1. The molecule has 7 heteroatoms. The Kier molecular flexibility index (Phi) is 6.13. The van der Waals surface area contributed by atoms with Gasteiger partial charge in [0, 0.05) is 6.04 Å². The molecule has 0 saturated carbocycles. The molecule has 1 aromatic carbocycles. The fraction of sp³-hybridized carbons (Fsp3) is 0.538. The maximum absolute atomic E-state index is 12.8. The van der Waals surface area contributed by atoms with E-state index in [4.69, 9.17) is 17.3 Å². The van der Waals surface area contributed by atoms with Crippen LogP contribution >= 0.6 is 24.0 Å². The Balaban J connectivity index is 0.00000200. The van der Waals surface area contributed by atoms with Crippen LogP contribution in [0.1, 0.15) is 30.0 Å². The van der Waals surface area contributed by atoms with Crippen molar-refractivity contribution in [3.8, 4) is 0 Å². The first-order valence-corrected chi connectivity index (χ1v) is 6.61. The fourth-order valence-electron chi connectivity index (χ4n) is 2.48. The molecule has 0 radical (unpaired) electrons. The van der Waals surface area contributed by atoms with Gasteiger partial charge in [-0.2, -0.15) is 13.2 Å². The zero-order valence-corrected chi connectivity index (χ0v) is 12.3. The lowest BCUT2D eigenvalue weighted by atomic mass is 9.86. The maximum atomic E-state index is 12.8. The van der Waals surface area contributed by atoms with Gasteiger partial charge in [0.25, 0.3) is 0 Å². The zero-order chi connectivity index (χ0) is 14.0. The van der Waals surface area contributed by atoms with Crippen molar-refractivity contribution >= 4 is 24.0 Å². The van der Waals surface area contributed by atoms with E-state index in [1.807, 2.05) is 0 Å². The third-order valence-corrected chi connectivity index (χ3v) is 4.01. The topological polar surface area (TPSA) is 38.0 Å². The summed E-state index contributed by atoms with van der Waals surface area (Å²) in [5, 5.41) is 2.94. The van der Waals surface area contributed by atoms with Gasteiger partial charge >= 0.3 is 6.18 Å². The van der Waals surface area contributed by atoms with Gasteiger partial charge in [-0.1, -0.05) is 23.7 Å². The second-order valence-electron chi connectivity index (χ2n) is 4.82. The van der Waals surface area contributed by atoms with Gasteiger partial charge in [0.05, 0.1) is 10.6 Å². The number of alkyl halides is 3. The van der Waals surface area contributed by atoms with Gasteiger partial charge in [-0.3, -0.25) is 0 Å². The van der Waals surface area contributed by atoms with Crippen molar-refractivity contribution in [2.24, 2.45) is 11.7 Å². The summed E-state index contributed by atoms with van der Waals surface area (Å²) in [5.41, 5.74) is 5.69. The standard InChI is InChI=1S/C13H16ClF3N2.ClH/c14-11-9(2-1-3-10(11)13(15,16)17)12(18)8-4-6-19-7-5-8;/h1-3,8,12,19H,4-7,18H2;1H/t12-;/m1./s1. The van der Waals surface area contributed by atoms with E-state index in [-0.39, 0.29) is 23.3 Å². The number of nitrogens with two attached hydrogens (primary N) is 1. The number of hydrogen-bond acceptors (Lipinski definition) is 2. The average molecular weight is 329 g/mol. The summed E-state index contributed by atoms with van der Waals surface area (Å²) in [5.74, 6) is 0.169. The monoisotopic (exact) mass is 328 g/mol. The SMILES string of the molecule is Cl.N[C@@H](c1cccc(C(F)(F)F)c1Cl)C1CCNCC1. The number of hydrogen-bond donors (Lipinski definition) is 2. The molecule has 114 valence electrons. The third kappa shape index (κ3) is 3.79. The lowest BCUT2D eigenvalue weighted by molar-refractivity contribution is -0.137. The first-order valence-electron chi connectivity index (χ1n) is 6.23. The van der Waals surface area contributed by atoms with E-state index in [0.717, 1.165) is 32.0 Å². The largest absolute Gasteiger partial charge is 0.417 e. The van der Waals surface area contributed by atoms with Crippen molar-refractivity contribution in [3.63, 3.8) is 0 Å². The Bertz CT molecular complexity index is 446. The molecule has 0 unspecified atom stereocenters. The van der Waals surface area contributed by atoms with E-state index in [1.54, 1.807) is 6.07 Å². The Morgan fingerprint density at radius 3 is 2.40 bits per heavy atom. The Morgan fingerprint density at radius 2 is 1.85 bits per heavy atom. The van der Waals surface area contributed by atoms with Gasteiger partial charge in [-0.15, -0.1) is 12.4 Å². The predicted molar refractivity (Wildman–Crippen MR) is 76.2 cm³/mol. The van der Waals surface area contributed by atoms with Crippen molar-refractivity contribution in [3.05, 3.63) is 34.3 Å². The molecule has 1 fully saturated rings. The fourth-order valence-corrected chi connectivity index (χ4v) is 2.84. The highest BCUT2D eigenvalue weighted by Crippen LogP contribution is 2.39. The summed E-state index contributed by atoms with van der Waals surface area (Å²) in [6.45, 7) is 1.68. The summed E-state index contributed by atoms with van der Waals surface area (Å²) in [4.78, 5) is 0. The summed E-state index contributed by atoms with van der Waals surface area (Å²) in [7, 11) is 0. The smallest absolute Gasteiger partial charge is 0.324 e. The third-order valence-electron chi connectivity index (χ3n) is 3.58. The number of halogens is 5. The summed E-state index contributed by atoms with van der Waals surface area (Å²) in [6.07, 6.45) is -2.73. The predicted octanol–water partition coefficient (Wildman–Crippen LogP) is 3.78. The first-order chi connectivity index (χ1) is 8.91. The summed E-state index contributed by atoms with van der Waals surface area (Å²) < 4.78 is 38.4. The van der Waals surface area contributed by atoms with Crippen LogP contribution in [-0.2, 0) is 6.18 Å². The van der Waals surface area contributed by atoms with Crippen LogP contribution in [0.2, 0.25) is 5.02 Å². The van der Waals surface area contributed by atoms with Gasteiger partial charge in [0.1, 0.15) is 0 Å². The minimum Gasteiger partial charge on any atom is -0.324 e. The minimum atomic E-state index is -4.44. The molecule has 1 aliphatic rings. The summed E-state index contributed by atoms with van der Waals surface area (Å²) >= 11 is 5.89. The highest BCUT2D eigenvalue weighted by Gasteiger charge is 2.35. The second-order valence-corrected chi connectivity index (χ2v) is 5.20. The van der Waals surface area contributed by atoms with Crippen molar-refractivity contribution in [2.45, 2.75) is 25.1 Å². The van der Waals surface area contributed by atoms with Crippen LogP contribution in [0.25, 0.3) is 0 Å². The van der Waals surface area contributed by atoms with Crippen LogP contribution < -0.4 is 11.1 Å². The van der Waals surface area contributed by atoms with Gasteiger partial charge in [0.2, 0.25) is 0 Å². The average Bonchev–Trinajstić information content (AvgIpc) is 2.38. The highest BCUT2D eigenvalue weighted by molar-refractivity contribution is 6.32. The zero-order valence-electron chi connectivity index (χ0n) is 10.7. The molecule has 0 aliphatic carbocycles. The lowest BCUT2D eigenvalue weighted by Crippen LogP contribution is -2.34. The van der Waals surface area contributed by atoms with E-state index in [0.29, 0.717) is 5.56 Å². The van der Waals surface area contributed by atoms with E-state index in [1.165, 1.54) is 6.07 Å². The Hall–Kier alpha value is -0.490. The van der Waals surface area contributed by atoms with Crippen molar-refractivity contribution < 1.29 is 13.2 Å². The molecule has 1 aromatic rings. The number of benzene rings is 1. The number of nitrogens with one attached hydrogen (secondary N) is 1. The van der Waals surface area contributed by atoms with Crippen LogP contribution in [-0.4, -0.2) is 13.1 Å². The van der Waals surface area contributed by atoms with E-state index >= 15 is 0 Å². The van der Waals surface area contributed by atoms with E-state index in [2.05, 4.69) is 5.32 Å². The molecule has 2 nitrogen and oxygen atoms in total. The van der Waals surface area contributed by atoms with Crippen LogP contribution in [0.3, 0.4) is 0 Å². The van der Waals surface area contributed by atoms with Crippen molar-refractivity contribution in [2.75, 3.05) is 13.1 Å². The quantitative estimate of drug-likeness (QED) is 0.867. The molecule has 2 rings (SSSR count). The molecule has 3 N–H and O–H groups in total. The minimum absolute atomic E-state index is 0. The van der Waals surface area contributed by atoms with Gasteiger partial charge in [0.15, 0.2) is 0 Å². The molecule has 1 aliphatic heterocycles. The molecule has 0 aromatic heterocycles. The molecular formula is C13H17Cl2F3N2. The molecule has 20 heavy (non-hydrogen) atoms. The van der Waals surface area contributed by atoms with Crippen molar-refractivity contribution in [1.82, 2.24) is 5.32 Å². The molecular weight excluding hydrogens is 312 g/mol. The van der Waals surface area contributed by atoms with Crippen LogP contribution in [0.4, 0.5) is 13.2 Å². The summed E-state index contributed by atoms with van der Waals surface area (Å²) in [6, 6.07) is 3.49. The molecule has 1 saturated heterocycles. The molecule has 1 atom stereocenters. The Labute approximate surface area is 127 Å². The van der Waals surface area contributed by atoms with Gasteiger partial charge < -0.3 is 11.1 Å². The van der Waals surface area contributed by atoms with E-state index in [9.17, 15) is 13.2 Å². The molecule has 0 bridgehead atoms. The van der Waals surface area contributed by atoms with Crippen LogP contribution in [0.15, 0.2) is 18.2 Å². The molecule has 0 amide bonds. The van der Waals surface area contributed by atoms with E-state index < -0.39 is 17.8 Å². The van der Waals surface area contributed by atoms with Crippen LogP contribution in [0.5, 0.6) is 0 Å². The maximum Gasteiger partial charge on any atom is 0.417 e. The highest BCUT2D eigenvalue weighted by atomic mass is 35.5. The molecule has 0 spiro atoms. The van der Waals surface area contributed by atoms with Gasteiger partial charge in [-0.25, -0.2) is 0 Å². The van der Waals surface area contributed by atoms with Crippen LogP contribution in [0, 0.1) is 5.92 Å². The van der Waals surface area contributed by atoms with Gasteiger partial charge in [-0.05, 0) is 43.5 Å². The normalized spacial score (nSPS) is 18.4.